The molecular formula is C15H13ClN4. The molecule has 0 radical (unpaired) electrons. The van der Waals surface area contributed by atoms with Gasteiger partial charge in [-0.25, -0.2) is 0 Å². The highest BCUT2D eigenvalue weighted by molar-refractivity contribution is 6.31. The summed E-state index contributed by atoms with van der Waals surface area (Å²) in [6.45, 7) is 0.544. The number of hydrogen-bond donors (Lipinski definition) is 1. The molecule has 1 N–H and O–H groups in total. The molecule has 0 atom stereocenters. The van der Waals surface area contributed by atoms with Crippen LogP contribution in [0.2, 0.25) is 5.02 Å². The fraction of sp³-hybridized carbons (Fsp3) is 0.133. The monoisotopic (exact) mass is 284 g/mol. The van der Waals surface area contributed by atoms with Gasteiger partial charge in [0.15, 0.2) is 6.19 Å². The maximum Gasteiger partial charge on any atom is 0.182 e. The summed E-state index contributed by atoms with van der Waals surface area (Å²) in [5.41, 5.74) is 1.83. The Hall–Kier alpha value is -2.38. The molecule has 1 heterocycles. The van der Waals surface area contributed by atoms with E-state index in [-0.39, 0.29) is 0 Å². The van der Waals surface area contributed by atoms with Crippen molar-refractivity contribution >= 4 is 17.4 Å². The standard InChI is InChI=1S/C15H13ClN4/c16-14-6-2-1-4-12(14)7-9-19-15(20-11-17)13-5-3-8-18-10-13/h1-6,8,10H,7,9H2,(H,19,20). The molecule has 1 aromatic carbocycles. The van der Waals surface area contributed by atoms with E-state index >= 15 is 0 Å². The van der Waals surface area contributed by atoms with Crippen molar-refractivity contribution < 1.29 is 0 Å². The topological polar surface area (TPSA) is 61.1 Å². The van der Waals surface area contributed by atoms with Crippen LogP contribution in [0.5, 0.6) is 0 Å². The van der Waals surface area contributed by atoms with E-state index in [1.165, 1.54) is 0 Å². The van der Waals surface area contributed by atoms with E-state index in [0.29, 0.717) is 12.4 Å². The van der Waals surface area contributed by atoms with Crippen molar-refractivity contribution in [2.75, 3.05) is 6.54 Å². The number of halogens is 1. The molecule has 0 spiro atoms. The highest BCUT2D eigenvalue weighted by Crippen LogP contribution is 2.15. The van der Waals surface area contributed by atoms with Gasteiger partial charge >= 0.3 is 0 Å². The molecule has 4 nitrogen and oxygen atoms in total. The van der Waals surface area contributed by atoms with Crippen molar-refractivity contribution in [3.8, 4) is 6.19 Å². The van der Waals surface area contributed by atoms with Gasteiger partial charge in [-0.3, -0.25) is 15.3 Å². The minimum absolute atomic E-state index is 0.521. The van der Waals surface area contributed by atoms with Gasteiger partial charge in [-0.15, -0.1) is 0 Å². The van der Waals surface area contributed by atoms with Crippen molar-refractivity contribution in [1.82, 2.24) is 10.3 Å². The normalized spacial score (nSPS) is 10.9. The summed E-state index contributed by atoms with van der Waals surface area (Å²) in [5, 5.41) is 12.1. The van der Waals surface area contributed by atoms with Crippen molar-refractivity contribution in [2.24, 2.45) is 4.99 Å². The maximum absolute atomic E-state index is 8.78. The lowest BCUT2D eigenvalue weighted by molar-refractivity contribution is 0.958. The zero-order valence-electron chi connectivity index (χ0n) is 10.8. The van der Waals surface area contributed by atoms with E-state index in [9.17, 15) is 0 Å². The minimum Gasteiger partial charge on any atom is -0.277 e. The fourth-order valence-corrected chi connectivity index (χ4v) is 1.98. The molecule has 20 heavy (non-hydrogen) atoms. The van der Waals surface area contributed by atoms with Crippen molar-refractivity contribution in [2.45, 2.75) is 6.42 Å². The van der Waals surface area contributed by atoms with Crippen LogP contribution in [0.15, 0.2) is 53.8 Å². The van der Waals surface area contributed by atoms with E-state index in [0.717, 1.165) is 22.6 Å². The molecule has 0 saturated heterocycles. The zero-order valence-corrected chi connectivity index (χ0v) is 11.5. The Labute approximate surface area is 122 Å². The second-order valence-electron chi connectivity index (χ2n) is 4.05. The van der Waals surface area contributed by atoms with Crippen LogP contribution in [-0.4, -0.2) is 17.4 Å². The Morgan fingerprint density at radius 1 is 1.30 bits per heavy atom. The Balaban J connectivity index is 2.08. The van der Waals surface area contributed by atoms with Crippen LogP contribution in [0, 0.1) is 11.5 Å². The molecule has 0 aliphatic rings. The summed E-state index contributed by atoms with van der Waals surface area (Å²) in [6, 6.07) is 11.3. The molecule has 0 aliphatic heterocycles. The molecule has 0 fully saturated rings. The van der Waals surface area contributed by atoms with Gasteiger partial charge < -0.3 is 0 Å². The van der Waals surface area contributed by atoms with E-state index < -0.39 is 0 Å². The van der Waals surface area contributed by atoms with Gasteiger partial charge in [0, 0.05) is 29.5 Å². The maximum atomic E-state index is 8.78. The van der Waals surface area contributed by atoms with Crippen LogP contribution >= 0.6 is 11.6 Å². The molecule has 1 aromatic heterocycles. The van der Waals surface area contributed by atoms with Gasteiger partial charge in [-0.1, -0.05) is 29.8 Å². The molecule has 0 unspecified atom stereocenters. The van der Waals surface area contributed by atoms with Crippen molar-refractivity contribution in [1.29, 1.82) is 5.26 Å². The van der Waals surface area contributed by atoms with E-state index in [4.69, 9.17) is 16.9 Å². The predicted molar refractivity (Wildman–Crippen MR) is 79.5 cm³/mol. The second-order valence-corrected chi connectivity index (χ2v) is 4.46. The second kappa shape index (κ2) is 7.27. The highest BCUT2D eigenvalue weighted by Gasteiger charge is 2.03. The molecule has 100 valence electrons. The zero-order chi connectivity index (χ0) is 14.2. The number of aromatic nitrogens is 1. The average molecular weight is 285 g/mol. The number of hydrogen-bond acceptors (Lipinski definition) is 3. The quantitative estimate of drug-likeness (QED) is 0.406. The first-order chi connectivity index (χ1) is 9.81. The average Bonchev–Trinajstić information content (AvgIpc) is 2.49. The predicted octanol–water partition coefficient (Wildman–Crippen LogP) is 2.79. The fourth-order valence-electron chi connectivity index (χ4n) is 1.75. The molecule has 0 amide bonds. The third kappa shape index (κ3) is 3.81. The Morgan fingerprint density at radius 2 is 2.15 bits per heavy atom. The first-order valence-corrected chi connectivity index (χ1v) is 6.52. The largest absolute Gasteiger partial charge is 0.277 e. The molecular weight excluding hydrogens is 272 g/mol. The Kier molecular flexibility index (Phi) is 5.10. The lowest BCUT2D eigenvalue weighted by atomic mass is 10.1. The first kappa shape index (κ1) is 14.0. The summed E-state index contributed by atoms with van der Waals surface area (Å²) >= 11 is 6.09. The summed E-state index contributed by atoms with van der Waals surface area (Å²) < 4.78 is 0. The van der Waals surface area contributed by atoms with Gasteiger partial charge in [0.25, 0.3) is 0 Å². The number of aliphatic imine (C=N–C) groups is 1. The van der Waals surface area contributed by atoms with E-state index in [2.05, 4.69) is 15.3 Å². The van der Waals surface area contributed by atoms with Gasteiger partial charge in [0.2, 0.25) is 0 Å². The van der Waals surface area contributed by atoms with Crippen LogP contribution < -0.4 is 5.32 Å². The number of nitriles is 1. The molecule has 0 saturated carbocycles. The third-order valence-corrected chi connectivity index (χ3v) is 3.09. The van der Waals surface area contributed by atoms with E-state index in [1.807, 2.05) is 36.5 Å². The van der Waals surface area contributed by atoms with Gasteiger partial charge in [0.1, 0.15) is 5.84 Å². The van der Waals surface area contributed by atoms with Gasteiger partial charge in [-0.05, 0) is 30.2 Å². The van der Waals surface area contributed by atoms with Crippen LogP contribution in [0.4, 0.5) is 0 Å². The number of amidine groups is 1. The molecule has 2 aromatic rings. The lowest BCUT2D eigenvalue weighted by Crippen LogP contribution is -2.20. The summed E-state index contributed by atoms with van der Waals surface area (Å²) in [5.74, 6) is 0.521. The van der Waals surface area contributed by atoms with Crippen molar-refractivity contribution in [3.05, 3.63) is 64.9 Å². The number of rotatable bonds is 4. The third-order valence-electron chi connectivity index (χ3n) is 2.72. The van der Waals surface area contributed by atoms with E-state index in [1.54, 1.807) is 18.5 Å². The van der Waals surface area contributed by atoms with Crippen LogP contribution in [0.25, 0.3) is 0 Å². The number of nitrogens with one attached hydrogen (secondary N) is 1. The van der Waals surface area contributed by atoms with Crippen molar-refractivity contribution in [3.63, 3.8) is 0 Å². The number of benzene rings is 1. The number of pyridine rings is 1. The molecule has 5 heteroatoms. The highest BCUT2D eigenvalue weighted by atomic mass is 35.5. The van der Waals surface area contributed by atoms with Crippen LogP contribution in [0.1, 0.15) is 11.1 Å². The lowest BCUT2D eigenvalue weighted by Gasteiger charge is -2.05. The smallest absolute Gasteiger partial charge is 0.182 e. The van der Waals surface area contributed by atoms with Gasteiger partial charge in [0.05, 0.1) is 0 Å². The SMILES string of the molecule is N#CN/C(=N\CCc1ccccc1Cl)c1cccnc1. The van der Waals surface area contributed by atoms with Crippen LogP contribution in [0.3, 0.4) is 0 Å². The number of nitrogens with zero attached hydrogens (tertiary/aromatic N) is 3. The van der Waals surface area contributed by atoms with Gasteiger partial charge in [-0.2, -0.15) is 5.26 Å². The minimum atomic E-state index is 0.521. The summed E-state index contributed by atoms with van der Waals surface area (Å²) in [6.07, 6.45) is 5.95. The Bertz CT molecular complexity index is 632. The molecule has 0 bridgehead atoms. The summed E-state index contributed by atoms with van der Waals surface area (Å²) in [7, 11) is 0. The van der Waals surface area contributed by atoms with Crippen LogP contribution in [-0.2, 0) is 6.42 Å². The Morgan fingerprint density at radius 3 is 2.85 bits per heavy atom. The molecule has 2 rings (SSSR count). The first-order valence-electron chi connectivity index (χ1n) is 6.14. The summed E-state index contributed by atoms with van der Waals surface area (Å²) in [4.78, 5) is 8.42. The molecule has 0 aliphatic carbocycles.